The number of likely N-dealkylation sites (tertiary alicyclic amines) is 1. The third kappa shape index (κ3) is 2.73. The molecule has 3 N–H and O–H groups in total. The minimum absolute atomic E-state index is 0.110. The molecule has 2 aliphatic heterocycles. The van der Waals surface area contributed by atoms with E-state index in [0.29, 0.717) is 6.42 Å². The molecule has 0 spiro atoms. The van der Waals surface area contributed by atoms with E-state index < -0.39 is 29.8 Å². The quantitative estimate of drug-likeness (QED) is 0.604. The molecule has 2 heterocycles. The number of nitrogens with zero attached hydrogens (tertiary/aromatic N) is 1. The molecule has 2 fully saturated rings. The van der Waals surface area contributed by atoms with Gasteiger partial charge in [-0.25, -0.2) is 0 Å². The lowest BCUT2D eigenvalue weighted by atomic mass is 9.85. The number of carboxylic acids is 2. The van der Waals surface area contributed by atoms with Crippen LogP contribution in [0.4, 0.5) is 0 Å². The number of carbonyl (C=O) groups is 4. The molecule has 0 aromatic rings. The maximum Gasteiger partial charge on any atom is 0.309 e. The average molecular weight is 284 g/mol. The molecular weight excluding hydrogens is 268 g/mol. The molecule has 8 heteroatoms. The maximum absolute atomic E-state index is 12.2. The summed E-state index contributed by atoms with van der Waals surface area (Å²) < 4.78 is 0. The molecule has 0 aromatic carbocycles. The molecule has 2 rings (SSSR count). The monoisotopic (exact) mass is 284 g/mol. The van der Waals surface area contributed by atoms with Gasteiger partial charge in [0.05, 0.1) is 11.8 Å². The number of amides is 2. The van der Waals surface area contributed by atoms with Gasteiger partial charge in [-0.3, -0.25) is 19.2 Å². The summed E-state index contributed by atoms with van der Waals surface area (Å²) in [5, 5.41) is 20.6. The van der Waals surface area contributed by atoms with Crippen molar-refractivity contribution < 1.29 is 29.4 Å². The van der Waals surface area contributed by atoms with Crippen molar-refractivity contribution in [3.8, 4) is 0 Å². The van der Waals surface area contributed by atoms with Gasteiger partial charge < -0.3 is 20.4 Å². The van der Waals surface area contributed by atoms with Gasteiger partial charge in [-0.05, 0) is 12.8 Å². The summed E-state index contributed by atoms with van der Waals surface area (Å²) in [6.07, 6.45) is 0.789. The van der Waals surface area contributed by atoms with E-state index in [1.54, 1.807) is 0 Å². The van der Waals surface area contributed by atoms with E-state index in [2.05, 4.69) is 5.32 Å². The molecule has 0 saturated carbocycles. The first-order valence-electron chi connectivity index (χ1n) is 6.44. The van der Waals surface area contributed by atoms with Gasteiger partial charge in [0.1, 0.15) is 6.04 Å². The lowest BCUT2D eigenvalue weighted by Crippen LogP contribution is -2.53. The summed E-state index contributed by atoms with van der Waals surface area (Å²) in [4.78, 5) is 46.8. The molecule has 20 heavy (non-hydrogen) atoms. The van der Waals surface area contributed by atoms with Crippen LogP contribution in [0.25, 0.3) is 0 Å². The third-order valence-electron chi connectivity index (χ3n) is 3.85. The van der Waals surface area contributed by atoms with Gasteiger partial charge in [-0.2, -0.15) is 0 Å². The number of carbonyl (C=O) groups excluding carboxylic acids is 2. The molecule has 2 saturated heterocycles. The smallest absolute Gasteiger partial charge is 0.309 e. The Kier molecular flexibility index (Phi) is 3.91. The van der Waals surface area contributed by atoms with Crippen molar-refractivity contribution in [1.29, 1.82) is 0 Å². The Hall–Kier alpha value is -2.12. The highest BCUT2D eigenvalue weighted by molar-refractivity contribution is 5.91. The second-order valence-electron chi connectivity index (χ2n) is 5.12. The van der Waals surface area contributed by atoms with Crippen LogP contribution in [0.2, 0.25) is 0 Å². The predicted octanol–water partition coefficient (Wildman–Crippen LogP) is -1.10. The molecule has 0 aromatic heterocycles. The summed E-state index contributed by atoms with van der Waals surface area (Å²) in [5.41, 5.74) is 0. The van der Waals surface area contributed by atoms with Crippen molar-refractivity contribution in [1.82, 2.24) is 10.2 Å². The van der Waals surface area contributed by atoms with E-state index in [4.69, 9.17) is 10.2 Å². The molecular formula is C12H16N2O6. The Morgan fingerprint density at radius 3 is 2.25 bits per heavy atom. The largest absolute Gasteiger partial charge is 0.481 e. The van der Waals surface area contributed by atoms with Gasteiger partial charge in [0.25, 0.3) is 0 Å². The van der Waals surface area contributed by atoms with Gasteiger partial charge in [-0.15, -0.1) is 0 Å². The molecule has 8 nitrogen and oxygen atoms in total. The fraction of sp³-hybridized carbons (Fsp3) is 0.667. The number of hydrogen-bond acceptors (Lipinski definition) is 4. The van der Waals surface area contributed by atoms with Crippen LogP contribution in [0.1, 0.15) is 19.3 Å². The minimum atomic E-state index is -1.22. The van der Waals surface area contributed by atoms with Gasteiger partial charge in [0.15, 0.2) is 0 Å². The summed E-state index contributed by atoms with van der Waals surface area (Å²) in [5.74, 6) is -4.98. The molecule has 0 aliphatic carbocycles. The first kappa shape index (κ1) is 14.3. The van der Waals surface area contributed by atoms with E-state index in [1.807, 2.05) is 0 Å². The Balaban J connectivity index is 2.04. The van der Waals surface area contributed by atoms with Crippen LogP contribution < -0.4 is 5.32 Å². The van der Waals surface area contributed by atoms with Crippen LogP contribution in [0.5, 0.6) is 0 Å². The predicted molar refractivity (Wildman–Crippen MR) is 64.6 cm³/mol. The number of rotatable bonds is 3. The Bertz CT molecular complexity index is 463. The van der Waals surface area contributed by atoms with E-state index >= 15 is 0 Å². The highest BCUT2D eigenvalue weighted by Crippen LogP contribution is 2.25. The fourth-order valence-corrected chi connectivity index (χ4v) is 2.72. The van der Waals surface area contributed by atoms with Gasteiger partial charge in [0, 0.05) is 19.5 Å². The molecule has 2 amide bonds. The van der Waals surface area contributed by atoms with Gasteiger partial charge >= 0.3 is 11.9 Å². The first-order valence-corrected chi connectivity index (χ1v) is 6.44. The summed E-state index contributed by atoms with van der Waals surface area (Å²) in [6.45, 7) is 0.0729. The Morgan fingerprint density at radius 2 is 1.75 bits per heavy atom. The van der Waals surface area contributed by atoms with Crippen LogP contribution >= 0.6 is 0 Å². The Morgan fingerprint density at radius 1 is 1.10 bits per heavy atom. The highest BCUT2D eigenvalue weighted by Gasteiger charge is 2.42. The Labute approximate surface area is 114 Å². The van der Waals surface area contributed by atoms with Crippen molar-refractivity contribution in [2.24, 2.45) is 11.8 Å². The number of carboxylic acid groups (broad SMARTS) is 2. The molecule has 110 valence electrons. The number of hydrogen-bond donors (Lipinski definition) is 3. The standard InChI is InChI=1S/C12H16N2O6/c15-9-2-1-8(13-9)10(16)14-4-3-6(11(17)18)7(5-14)12(19)20/h6-8H,1-5H2,(H,13,15)(H,17,18)(H,19,20). The summed E-state index contributed by atoms with van der Waals surface area (Å²) in [6, 6.07) is -0.613. The van der Waals surface area contributed by atoms with Crippen molar-refractivity contribution in [3.63, 3.8) is 0 Å². The molecule has 2 aliphatic rings. The van der Waals surface area contributed by atoms with Crippen LogP contribution in [0.3, 0.4) is 0 Å². The van der Waals surface area contributed by atoms with Crippen molar-refractivity contribution in [2.45, 2.75) is 25.3 Å². The fourth-order valence-electron chi connectivity index (χ4n) is 2.72. The van der Waals surface area contributed by atoms with E-state index in [1.165, 1.54) is 4.90 Å². The van der Waals surface area contributed by atoms with Crippen molar-refractivity contribution in [3.05, 3.63) is 0 Å². The zero-order valence-corrected chi connectivity index (χ0v) is 10.7. The zero-order chi connectivity index (χ0) is 14.9. The summed E-state index contributed by atoms with van der Waals surface area (Å²) >= 11 is 0. The van der Waals surface area contributed by atoms with Crippen LogP contribution in [-0.2, 0) is 19.2 Å². The van der Waals surface area contributed by atoms with Crippen molar-refractivity contribution in [2.75, 3.05) is 13.1 Å². The van der Waals surface area contributed by atoms with Crippen molar-refractivity contribution >= 4 is 23.8 Å². The topological polar surface area (TPSA) is 124 Å². The third-order valence-corrected chi connectivity index (χ3v) is 3.85. The van der Waals surface area contributed by atoms with E-state index in [0.717, 1.165) is 0 Å². The highest BCUT2D eigenvalue weighted by atomic mass is 16.4. The van der Waals surface area contributed by atoms with Gasteiger partial charge in [-0.1, -0.05) is 0 Å². The lowest BCUT2D eigenvalue weighted by molar-refractivity contribution is -0.159. The normalized spacial score (nSPS) is 29.9. The second-order valence-corrected chi connectivity index (χ2v) is 5.12. The number of aliphatic carboxylic acids is 2. The lowest BCUT2D eigenvalue weighted by Gasteiger charge is -2.35. The van der Waals surface area contributed by atoms with Gasteiger partial charge in [0.2, 0.25) is 11.8 Å². The molecule has 0 bridgehead atoms. The van der Waals surface area contributed by atoms with E-state index in [9.17, 15) is 19.2 Å². The van der Waals surface area contributed by atoms with Crippen LogP contribution in [-0.4, -0.2) is 58.0 Å². The number of piperidine rings is 1. The van der Waals surface area contributed by atoms with Crippen LogP contribution in [0.15, 0.2) is 0 Å². The summed E-state index contributed by atoms with van der Waals surface area (Å²) in [7, 11) is 0. The maximum atomic E-state index is 12.2. The zero-order valence-electron chi connectivity index (χ0n) is 10.7. The SMILES string of the molecule is O=C1CCC(C(=O)N2CCC(C(=O)O)C(C(=O)O)C2)N1. The molecule has 3 unspecified atom stereocenters. The second kappa shape index (κ2) is 5.48. The number of nitrogens with one attached hydrogen (secondary N) is 1. The molecule has 0 radical (unpaired) electrons. The average Bonchev–Trinajstić information content (AvgIpc) is 2.83. The van der Waals surface area contributed by atoms with Crippen LogP contribution in [0, 0.1) is 11.8 Å². The van der Waals surface area contributed by atoms with E-state index in [-0.39, 0.29) is 37.7 Å². The first-order chi connectivity index (χ1) is 9.40. The minimum Gasteiger partial charge on any atom is -0.481 e. The molecule has 3 atom stereocenters.